The molecule has 2 aromatic carbocycles. The molecular weight excluding hydrogens is 488 g/mol. The quantitative estimate of drug-likeness (QED) is 0.0921. The molecule has 206 valence electrons. The topological polar surface area (TPSA) is 137 Å². The second-order valence-corrected chi connectivity index (χ2v) is 9.74. The number of hydrogen-bond donors (Lipinski definition) is 4. The molecule has 0 aliphatic carbocycles. The van der Waals surface area contributed by atoms with Gasteiger partial charge in [-0.3, -0.25) is 9.59 Å². The van der Waals surface area contributed by atoms with Crippen molar-refractivity contribution in [3.8, 4) is 40.1 Å². The smallest absolute Gasteiger partial charge is 0.311 e. The van der Waals surface area contributed by atoms with Gasteiger partial charge in [-0.1, -0.05) is 77.6 Å². The second kappa shape index (κ2) is 14.3. The molecule has 0 atom stereocenters. The minimum Gasteiger partial charge on any atom is -0.508 e. The van der Waals surface area contributed by atoms with Crippen molar-refractivity contribution in [3.63, 3.8) is 0 Å². The summed E-state index contributed by atoms with van der Waals surface area (Å²) in [5.41, 5.74) is -0.763. The van der Waals surface area contributed by atoms with Crippen molar-refractivity contribution in [2.75, 3.05) is 0 Å². The first-order chi connectivity index (χ1) is 18.3. The summed E-state index contributed by atoms with van der Waals surface area (Å²) >= 11 is 0. The maximum atomic E-state index is 13.2. The van der Waals surface area contributed by atoms with E-state index in [4.69, 9.17) is 9.15 Å². The first-order valence-corrected chi connectivity index (χ1v) is 13.6. The lowest BCUT2D eigenvalue weighted by molar-refractivity contribution is -0.134. The fourth-order valence-corrected chi connectivity index (χ4v) is 4.49. The van der Waals surface area contributed by atoms with Crippen LogP contribution in [-0.4, -0.2) is 26.4 Å². The summed E-state index contributed by atoms with van der Waals surface area (Å²) in [7, 11) is 0. The number of phenols is 4. The Balaban J connectivity index is 1.61. The van der Waals surface area contributed by atoms with Gasteiger partial charge in [-0.05, 0) is 24.6 Å². The fourth-order valence-electron chi connectivity index (χ4n) is 4.49. The molecule has 3 rings (SSSR count). The third-order valence-electron chi connectivity index (χ3n) is 6.61. The van der Waals surface area contributed by atoms with Crippen molar-refractivity contribution in [1.29, 1.82) is 0 Å². The number of carbonyl (C=O) groups is 1. The molecule has 8 heteroatoms. The zero-order valence-electron chi connectivity index (χ0n) is 22.0. The Labute approximate surface area is 222 Å². The van der Waals surface area contributed by atoms with E-state index in [9.17, 15) is 30.0 Å². The SMILES string of the molecule is CCCCCCCCCCCCCCC(=O)Oc1c(-c2ccc(O)c(O)c2)oc2cc(O)cc(O)c2c1=O. The molecular formula is C30H38O8. The normalized spacial score (nSPS) is 11.2. The predicted molar refractivity (Wildman–Crippen MR) is 146 cm³/mol. The Hall–Kier alpha value is -3.68. The molecule has 1 aromatic heterocycles. The summed E-state index contributed by atoms with van der Waals surface area (Å²) in [6, 6.07) is 5.88. The average Bonchev–Trinajstić information content (AvgIpc) is 2.87. The van der Waals surface area contributed by atoms with Gasteiger partial charge in [-0.2, -0.15) is 0 Å². The fraction of sp³-hybridized carbons (Fsp3) is 0.467. The molecule has 4 N–H and O–H groups in total. The number of phenolic OH excluding ortho intramolecular Hbond substituents is 4. The van der Waals surface area contributed by atoms with Crippen LogP contribution in [0.1, 0.15) is 90.4 Å². The van der Waals surface area contributed by atoms with Gasteiger partial charge in [0, 0.05) is 24.1 Å². The van der Waals surface area contributed by atoms with Gasteiger partial charge in [0.05, 0.1) is 0 Å². The van der Waals surface area contributed by atoms with Crippen molar-refractivity contribution in [1.82, 2.24) is 0 Å². The zero-order valence-corrected chi connectivity index (χ0v) is 22.0. The standard InChI is InChI=1S/C30H38O8/c1-2-3-4-5-6-7-8-9-10-11-12-13-14-26(35)38-30-28(36)27-24(34)18-21(31)19-25(27)37-29(30)20-15-16-22(32)23(33)17-20/h15-19,31-34H,2-14H2,1H3. The summed E-state index contributed by atoms with van der Waals surface area (Å²) in [5, 5.41) is 39.4. The number of esters is 1. The van der Waals surface area contributed by atoms with Crippen molar-refractivity contribution in [3.05, 3.63) is 40.6 Å². The number of rotatable bonds is 15. The van der Waals surface area contributed by atoms with Crippen LogP contribution in [0.5, 0.6) is 28.7 Å². The van der Waals surface area contributed by atoms with E-state index < -0.39 is 28.6 Å². The number of carbonyl (C=O) groups excluding carboxylic acids is 1. The Bertz CT molecular complexity index is 1280. The minimum atomic E-state index is -0.797. The van der Waals surface area contributed by atoms with E-state index in [0.29, 0.717) is 6.42 Å². The lowest BCUT2D eigenvalue weighted by atomic mass is 10.0. The van der Waals surface area contributed by atoms with Crippen LogP contribution < -0.4 is 10.2 Å². The van der Waals surface area contributed by atoms with Crippen LogP contribution in [0.2, 0.25) is 0 Å². The lowest BCUT2D eigenvalue weighted by Gasteiger charge is -2.12. The van der Waals surface area contributed by atoms with Gasteiger partial charge in [0.15, 0.2) is 17.3 Å². The van der Waals surface area contributed by atoms with Crippen LogP contribution in [0.4, 0.5) is 0 Å². The van der Waals surface area contributed by atoms with E-state index in [0.717, 1.165) is 37.5 Å². The van der Waals surface area contributed by atoms with Crippen molar-refractivity contribution in [2.24, 2.45) is 0 Å². The van der Waals surface area contributed by atoms with E-state index in [2.05, 4.69) is 6.92 Å². The molecule has 0 saturated carbocycles. The summed E-state index contributed by atoms with van der Waals surface area (Å²) in [6.45, 7) is 2.22. The molecule has 0 radical (unpaired) electrons. The molecule has 0 bridgehead atoms. The van der Waals surface area contributed by atoms with E-state index >= 15 is 0 Å². The van der Waals surface area contributed by atoms with E-state index in [1.165, 1.54) is 63.5 Å². The average molecular weight is 527 g/mol. The molecule has 1 heterocycles. The Morgan fingerprint density at radius 1 is 0.763 bits per heavy atom. The maximum absolute atomic E-state index is 13.2. The van der Waals surface area contributed by atoms with Crippen LogP contribution in [0.3, 0.4) is 0 Å². The highest BCUT2D eigenvalue weighted by Gasteiger charge is 2.23. The van der Waals surface area contributed by atoms with Crippen LogP contribution >= 0.6 is 0 Å². The summed E-state index contributed by atoms with van der Waals surface area (Å²) in [4.78, 5) is 25.9. The molecule has 0 aliphatic rings. The molecule has 0 unspecified atom stereocenters. The molecule has 0 aliphatic heterocycles. The van der Waals surface area contributed by atoms with Crippen LogP contribution in [0, 0.1) is 0 Å². The second-order valence-electron chi connectivity index (χ2n) is 9.74. The Morgan fingerprint density at radius 2 is 1.37 bits per heavy atom. The highest BCUT2D eigenvalue weighted by atomic mass is 16.5. The Morgan fingerprint density at radius 3 is 1.97 bits per heavy atom. The number of fused-ring (bicyclic) bond motifs is 1. The third kappa shape index (κ3) is 7.91. The number of hydrogen-bond acceptors (Lipinski definition) is 8. The largest absolute Gasteiger partial charge is 0.508 e. The number of benzene rings is 2. The zero-order chi connectivity index (χ0) is 27.5. The number of aromatic hydroxyl groups is 4. The molecule has 38 heavy (non-hydrogen) atoms. The summed E-state index contributed by atoms with van der Waals surface area (Å²) < 4.78 is 11.2. The van der Waals surface area contributed by atoms with Gasteiger partial charge >= 0.3 is 5.97 Å². The highest BCUT2D eigenvalue weighted by Crippen LogP contribution is 2.38. The van der Waals surface area contributed by atoms with Crippen molar-refractivity contribution in [2.45, 2.75) is 90.4 Å². The highest BCUT2D eigenvalue weighted by molar-refractivity contribution is 5.89. The van der Waals surface area contributed by atoms with Gasteiger partial charge in [0.1, 0.15) is 22.5 Å². The van der Waals surface area contributed by atoms with Gasteiger partial charge < -0.3 is 29.6 Å². The molecule has 0 fully saturated rings. The van der Waals surface area contributed by atoms with Gasteiger partial charge in [0.2, 0.25) is 11.2 Å². The number of unbranched alkanes of at least 4 members (excludes halogenated alkanes) is 11. The maximum Gasteiger partial charge on any atom is 0.311 e. The van der Waals surface area contributed by atoms with Crippen molar-refractivity contribution < 1.29 is 34.4 Å². The molecule has 3 aromatic rings. The van der Waals surface area contributed by atoms with E-state index in [-0.39, 0.29) is 40.2 Å². The monoisotopic (exact) mass is 526 g/mol. The molecule has 0 amide bonds. The summed E-state index contributed by atoms with van der Waals surface area (Å²) in [6.07, 6.45) is 14.0. The van der Waals surface area contributed by atoms with Crippen LogP contribution in [0.15, 0.2) is 39.5 Å². The van der Waals surface area contributed by atoms with Crippen molar-refractivity contribution >= 4 is 16.9 Å². The van der Waals surface area contributed by atoms with E-state index in [1.54, 1.807) is 0 Å². The lowest BCUT2D eigenvalue weighted by Crippen LogP contribution is -2.16. The predicted octanol–water partition coefficient (Wildman–Crippen LogP) is 7.28. The molecule has 0 saturated heterocycles. The van der Waals surface area contributed by atoms with Gasteiger partial charge in [-0.15, -0.1) is 0 Å². The van der Waals surface area contributed by atoms with E-state index in [1.807, 2.05) is 0 Å². The van der Waals surface area contributed by atoms with Gasteiger partial charge in [-0.25, -0.2) is 0 Å². The van der Waals surface area contributed by atoms with Crippen LogP contribution in [-0.2, 0) is 4.79 Å². The van der Waals surface area contributed by atoms with Gasteiger partial charge in [0.25, 0.3) is 0 Å². The minimum absolute atomic E-state index is 0.108. The van der Waals surface area contributed by atoms with Crippen LogP contribution in [0.25, 0.3) is 22.3 Å². The third-order valence-corrected chi connectivity index (χ3v) is 6.61. The molecule has 8 nitrogen and oxygen atoms in total. The first-order valence-electron chi connectivity index (χ1n) is 13.6. The Kier molecular flexibility index (Phi) is 10.9. The summed E-state index contributed by atoms with van der Waals surface area (Å²) in [5.74, 6) is -2.92. The number of ether oxygens (including phenoxy) is 1. The molecule has 0 spiro atoms. The first kappa shape index (κ1) is 28.9.